The van der Waals surface area contributed by atoms with Crippen molar-refractivity contribution in [3.63, 3.8) is 0 Å². The minimum Gasteiger partial charge on any atom is -0.490 e. The van der Waals surface area contributed by atoms with Gasteiger partial charge in [0.25, 0.3) is 5.91 Å². The first-order chi connectivity index (χ1) is 13.0. The Morgan fingerprint density at radius 3 is 2.70 bits per heavy atom. The molecular weight excluding hydrogens is 366 g/mol. The third kappa shape index (κ3) is 3.47. The zero-order valence-corrected chi connectivity index (χ0v) is 15.9. The molecule has 140 valence electrons. The summed E-state index contributed by atoms with van der Waals surface area (Å²) in [6.07, 6.45) is 0.853. The Bertz CT molecular complexity index is 1010. The molecule has 1 atom stereocenters. The van der Waals surface area contributed by atoms with Crippen LogP contribution < -0.4 is 14.8 Å². The molecule has 1 aromatic heterocycles. The number of nitrogens with one attached hydrogen (secondary N) is 1. The van der Waals surface area contributed by atoms with Gasteiger partial charge in [-0.25, -0.2) is 0 Å². The van der Waals surface area contributed by atoms with Gasteiger partial charge in [0.15, 0.2) is 17.3 Å². The van der Waals surface area contributed by atoms with Gasteiger partial charge >= 0.3 is 0 Å². The topological polar surface area (TPSA) is 60.7 Å². The molecule has 6 heteroatoms. The van der Waals surface area contributed by atoms with E-state index in [9.17, 15) is 4.79 Å². The summed E-state index contributed by atoms with van der Waals surface area (Å²) in [6.45, 7) is 5.05. The van der Waals surface area contributed by atoms with Gasteiger partial charge in [0.05, 0.1) is 19.3 Å². The summed E-state index contributed by atoms with van der Waals surface area (Å²) in [7, 11) is 0. The van der Waals surface area contributed by atoms with Gasteiger partial charge in [-0.3, -0.25) is 4.79 Å². The maximum atomic E-state index is 12.8. The van der Waals surface area contributed by atoms with Gasteiger partial charge in [0, 0.05) is 22.4 Å². The van der Waals surface area contributed by atoms with E-state index in [4.69, 9.17) is 25.5 Å². The van der Waals surface area contributed by atoms with Crippen molar-refractivity contribution in [1.82, 2.24) is 5.32 Å². The average molecular weight is 386 g/mol. The van der Waals surface area contributed by atoms with Crippen LogP contribution in [0.15, 0.2) is 40.8 Å². The van der Waals surface area contributed by atoms with Crippen LogP contribution in [0.1, 0.15) is 41.1 Å². The number of halogens is 1. The lowest BCUT2D eigenvalue weighted by atomic mass is 10.1. The van der Waals surface area contributed by atoms with Crippen molar-refractivity contribution in [1.29, 1.82) is 0 Å². The number of furan rings is 1. The highest BCUT2D eigenvalue weighted by Gasteiger charge is 2.21. The van der Waals surface area contributed by atoms with Gasteiger partial charge in [-0.2, -0.15) is 0 Å². The van der Waals surface area contributed by atoms with Gasteiger partial charge in [-0.15, -0.1) is 0 Å². The van der Waals surface area contributed by atoms with Gasteiger partial charge in [-0.1, -0.05) is 17.7 Å². The van der Waals surface area contributed by atoms with E-state index in [1.807, 2.05) is 32.0 Å². The molecule has 1 N–H and O–H groups in total. The number of aryl methyl sites for hydroxylation is 1. The fourth-order valence-corrected chi connectivity index (χ4v) is 3.38. The number of benzene rings is 2. The zero-order valence-electron chi connectivity index (χ0n) is 15.2. The molecule has 5 nitrogen and oxygen atoms in total. The summed E-state index contributed by atoms with van der Waals surface area (Å²) < 4.78 is 17.1. The van der Waals surface area contributed by atoms with Crippen LogP contribution in [-0.2, 0) is 0 Å². The second kappa shape index (κ2) is 7.16. The molecule has 1 amide bonds. The van der Waals surface area contributed by atoms with Crippen LogP contribution in [-0.4, -0.2) is 19.1 Å². The molecule has 0 fully saturated rings. The zero-order chi connectivity index (χ0) is 19.0. The number of hydrogen-bond acceptors (Lipinski definition) is 4. The average Bonchev–Trinajstić information content (AvgIpc) is 2.83. The van der Waals surface area contributed by atoms with Crippen molar-refractivity contribution in [3.8, 4) is 11.5 Å². The molecule has 0 radical (unpaired) electrons. The molecule has 4 rings (SSSR count). The number of carbonyl (C=O) groups excluding carboxylic acids is 1. The molecule has 3 aromatic rings. The maximum absolute atomic E-state index is 12.8. The van der Waals surface area contributed by atoms with Crippen molar-refractivity contribution in [2.75, 3.05) is 13.2 Å². The van der Waals surface area contributed by atoms with Crippen molar-refractivity contribution in [2.24, 2.45) is 0 Å². The number of carbonyl (C=O) groups is 1. The first kappa shape index (κ1) is 17.7. The Morgan fingerprint density at radius 1 is 1.11 bits per heavy atom. The maximum Gasteiger partial charge on any atom is 0.287 e. The summed E-state index contributed by atoms with van der Waals surface area (Å²) in [4.78, 5) is 12.8. The lowest BCUT2D eigenvalue weighted by Crippen LogP contribution is -2.26. The lowest BCUT2D eigenvalue weighted by Gasteiger charge is -2.16. The van der Waals surface area contributed by atoms with E-state index < -0.39 is 0 Å². The second-order valence-corrected chi connectivity index (χ2v) is 7.08. The van der Waals surface area contributed by atoms with Crippen molar-refractivity contribution in [3.05, 3.63) is 58.3 Å². The highest BCUT2D eigenvalue weighted by Crippen LogP contribution is 2.33. The molecule has 0 bridgehead atoms. The van der Waals surface area contributed by atoms with Crippen molar-refractivity contribution in [2.45, 2.75) is 26.3 Å². The standard InChI is InChI=1S/C21H20ClNO4/c1-12-16-11-15(22)5-7-17(16)27-20(12)21(24)23-13(2)14-4-6-18-19(10-14)26-9-3-8-25-18/h4-7,10-11,13H,3,8-9H2,1-2H3,(H,23,24). The van der Waals surface area contributed by atoms with Crippen molar-refractivity contribution >= 4 is 28.5 Å². The number of fused-ring (bicyclic) bond motifs is 2. The lowest BCUT2D eigenvalue weighted by molar-refractivity contribution is 0.0913. The molecule has 0 spiro atoms. The van der Waals surface area contributed by atoms with Crippen LogP contribution in [0, 0.1) is 6.92 Å². The van der Waals surface area contributed by atoms with E-state index in [1.54, 1.807) is 18.2 Å². The fourth-order valence-electron chi connectivity index (χ4n) is 3.20. The Hall–Kier alpha value is -2.66. The molecule has 2 aromatic carbocycles. The van der Waals surface area contributed by atoms with Crippen LogP contribution in [0.2, 0.25) is 5.02 Å². The van der Waals surface area contributed by atoms with Crippen LogP contribution >= 0.6 is 11.6 Å². The molecule has 27 heavy (non-hydrogen) atoms. The van der Waals surface area contributed by atoms with E-state index in [-0.39, 0.29) is 11.9 Å². The summed E-state index contributed by atoms with van der Waals surface area (Å²) in [5, 5.41) is 4.44. The van der Waals surface area contributed by atoms with Crippen LogP contribution in [0.3, 0.4) is 0 Å². The third-order valence-electron chi connectivity index (χ3n) is 4.72. The van der Waals surface area contributed by atoms with Crippen LogP contribution in [0.4, 0.5) is 0 Å². The SMILES string of the molecule is Cc1c(C(=O)NC(C)c2ccc3c(c2)OCCCO3)oc2ccc(Cl)cc12. The monoisotopic (exact) mass is 385 g/mol. The quantitative estimate of drug-likeness (QED) is 0.685. The molecule has 2 heterocycles. The molecule has 0 aliphatic carbocycles. The minimum absolute atomic E-state index is 0.217. The normalized spacial score (nSPS) is 14.6. The molecule has 0 saturated carbocycles. The van der Waals surface area contributed by atoms with Crippen molar-refractivity contribution < 1.29 is 18.7 Å². The third-order valence-corrected chi connectivity index (χ3v) is 4.96. The molecular formula is C21H20ClNO4. The largest absolute Gasteiger partial charge is 0.490 e. The Labute approximate surface area is 162 Å². The Morgan fingerprint density at radius 2 is 1.89 bits per heavy atom. The van der Waals surface area contributed by atoms with E-state index in [1.165, 1.54) is 0 Å². The highest BCUT2D eigenvalue weighted by atomic mass is 35.5. The first-order valence-corrected chi connectivity index (χ1v) is 9.30. The molecule has 1 aliphatic rings. The first-order valence-electron chi connectivity index (χ1n) is 8.92. The Kier molecular flexibility index (Phi) is 4.70. The van der Waals surface area contributed by atoms with Gasteiger partial charge in [-0.05, 0) is 49.7 Å². The number of hydrogen-bond donors (Lipinski definition) is 1. The molecule has 0 saturated heterocycles. The van der Waals surface area contributed by atoms with E-state index in [0.29, 0.717) is 35.3 Å². The second-order valence-electron chi connectivity index (χ2n) is 6.65. The molecule has 1 aliphatic heterocycles. The smallest absolute Gasteiger partial charge is 0.287 e. The summed E-state index contributed by atoms with van der Waals surface area (Å²) in [5.74, 6) is 1.48. The van der Waals surface area contributed by atoms with Gasteiger partial charge < -0.3 is 19.2 Å². The van der Waals surface area contributed by atoms with Gasteiger partial charge in [0.2, 0.25) is 0 Å². The fraction of sp³-hybridized carbons (Fsp3) is 0.286. The minimum atomic E-state index is -0.264. The van der Waals surface area contributed by atoms with Gasteiger partial charge in [0.1, 0.15) is 5.58 Å². The van der Waals surface area contributed by atoms with E-state index in [0.717, 1.165) is 28.7 Å². The van der Waals surface area contributed by atoms with E-state index >= 15 is 0 Å². The summed E-state index contributed by atoms with van der Waals surface area (Å²) in [6, 6.07) is 10.8. The van der Waals surface area contributed by atoms with Crippen LogP contribution in [0.25, 0.3) is 11.0 Å². The predicted molar refractivity (Wildman–Crippen MR) is 104 cm³/mol. The molecule has 1 unspecified atom stereocenters. The summed E-state index contributed by atoms with van der Waals surface area (Å²) in [5.41, 5.74) is 2.35. The highest BCUT2D eigenvalue weighted by molar-refractivity contribution is 6.31. The number of amides is 1. The number of rotatable bonds is 3. The predicted octanol–water partition coefficient (Wildman–Crippen LogP) is 5.05. The summed E-state index contributed by atoms with van der Waals surface area (Å²) >= 11 is 6.05. The van der Waals surface area contributed by atoms with E-state index in [2.05, 4.69) is 5.32 Å². The number of ether oxygens (including phenoxy) is 2. The Balaban J connectivity index is 1.56. The van der Waals surface area contributed by atoms with Crippen LogP contribution in [0.5, 0.6) is 11.5 Å².